The number of methoxy groups -OCH3 is 2. The van der Waals surface area contributed by atoms with E-state index in [1.54, 1.807) is 13.2 Å². The molecule has 0 bridgehead atoms. The summed E-state index contributed by atoms with van der Waals surface area (Å²) in [6.07, 6.45) is 2.20. The molecule has 1 atom stereocenters. The largest absolute Gasteiger partial charge is 0.504 e. The van der Waals surface area contributed by atoms with Crippen LogP contribution in [0.15, 0.2) is 35.8 Å². The van der Waals surface area contributed by atoms with Crippen molar-refractivity contribution in [2.75, 3.05) is 20.8 Å². The second-order valence-corrected chi connectivity index (χ2v) is 6.12. The molecule has 0 saturated carbocycles. The van der Waals surface area contributed by atoms with Crippen molar-refractivity contribution in [2.45, 2.75) is 12.5 Å². The summed E-state index contributed by atoms with van der Waals surface area (Å²) in [6.45, 7) is 4.23. The molecule has 1 aliphatic rings. The van der Waals surface area contributed by atoms with E-state index in [1.165, 1.54) is 7.11 Å². The lowest BCUT2D eigenvalue weighted by Gasteiger charge is -2.27. The minimum absolute atomic E-state index is 0.105. The fourth-order valence-electron chi connectivity index (χ4n) is 2.35. The third-order valence-electron chi connectivity index (χ3n) is 3.48. The highest BCUT2D eigenvalue weighted by molar-refractivity contribution is 14.1. The van der Waals surface area contributed by atoms with Gasteiger partial charge in [-0.1, -0.05) is 12.7 Å². The first kappa shape index (κ1) is 17.3. The van der Waals surface area contributed by atoms with Gasteiger partial charge in [0.25, 0.3) is 0 Å². The number of hydrogen-bond acceptors (Lipinski definition) is 5. The third kappa shape index (κ3) is 3.65. The lowest BCUT2D eigenvalue weighted by atomic mass is 9.71. The SMILES string of the molecule is C=C(COC)C1=CCC(c2cc(I)c(O)c(OC)c2)OB1O. The predicted molar refractivity (Wildman–Crippen MR) is 92.9 cm³/mol. The van der Waals surface area contributed by atoms with Crippen LogP contribution in [0.1, 0.15) is 18.1 Å². The molecule has 0 aliphatic carbocycles. The van der Waals surface area contributed by atoms with Crippen molar-refractivity contribution in [1.82, 2.24) is 0 Å². The van der Waals surface area contributed by atoms with Gasteiger partial charge >= 0.3 is 7.12 Å². The predicted octanol–water partition coefficient (Wildman–Crippen LogP) is 2.62. The van der Waals surface area contributed by atoms with Crippen LogP contribution in [0.25, 0.3) is 0 Å². The van der Waals surface area contributed by atoms with Crippen molar-refractivity contribution < 1.29 is 24.3 Å². The van der Waals surface area contributed by atoms with Crippen LogP contribution in [0.2, 0.25) is 0 Å². The lowest BCUT2D eigenvalue weighted by Crippen LogP contribution is -2.29. The van der Waals surface area contributed by atoms with E-state index in [4.69, 9.17) is 14.1 Å². The molecule has 2 N–H and O–H groups in total. The minimum atomic E-state index is -1.04. The van der Waals surface area contributed by atoms with Crippen LogP contribution in [-0.4, -0.2) is 38.1 Å². The summed E-state index contributed by atoms with van der Waals surface area (Å²) in [4.78, 5) is 0. The molecule has 0 radical (unpaired) electrons. The van der Waals surface area contributed by atoms with E-state index in [9.17, 15) is 10.1 Å². The maximum absolute atomic E-state index is 10.2. The van der Waals surface area contributed by atoms with Crippen LogP contribution in [0.5, 0.6) is 11.5 Å². The fraction of sp³-hybridized carbons (Fsp3) is 0.333. The highest BCUT2D eigenvalue weighted by atomic mass is 127. The number of aromatic hydroxyl groups is 1. The summed E-state index contributed by atoms with van der Waals surface area (Å²) in [5.41, 5.74) is 2.19. The van der Waals surface area contributed by atoms with Crippen LogP contribution < -0.4 is 4.74 Å². The summed E-state index contributed by atoms with van der Waals surface area (Å²) in [5, 5.41) is 20.0. The van der Waals surface area contributed by atoms with Gasteiger partial charge in [-0.25, -0.2) is 0 Å². The Morgan fingerprint density at radius 3 is 2.82 bits per heavy atom. The number of rotatable bonds is 5. The van der Waals surface area contributed by atoms with E-state index in [0.29, 0.717) is 33.4 Å². The van der Waals surface area contributed by atoms with Crippen molar-refractivity contribution in [1.29, 1.82) is 0 Å². The zero-order valence-corrected chi connectivity index (χ0v) is 14.7. The molecule has 1 unspecified atom stereocenters. The second kappa shape index (κ2) is 7.50. The third-order valence-corrected chi connectivity index (χ3v) is 4.30. The number of halogens is 1. The van der Waals surface area contributed by atoms with Crippen molar-refractivity contribution >= 4 is 29.7 Å². The molecule has 1 aromatic rings. The average Bonchev–Trinajstić information content (AvgIpc) is 2.49. The van der Waals surface area contributed by atoms with Gasteiger partial charge in [-0.05, 0) is 57.8 Å². The summed E-state index contributed by atoms with van der Waals surface area (Å²) in [5.74, 6) is 0.492. The first-order chi connectivity index (χ1) is 10.5. The van der Waals surface area contributed by atoms with Gasteiger partial charge in [0.05, 0.1) is 23.4 Å². The Labute approximate surface area is 143 Å². The van der Waals surface area contributed by atoms with Crippen molar-refractivity contribution in [3.8, 4) is 11.5 Å². The number of phenolic OH excluding ortho intramolecular Hbond substituents is 1. The van der Waals surface area contributed by atoms with Crippen LogP contribution in [0, 0.1) is 3.57 Å². The number of hydrogen-bond donors (Lipinski definition) is 2. The van der Waals surface area contributed by atoms with Gasteiger partial charge < -0.3 is 24.3 Å². The minimum Gasteiger partial charge on any atom is -0.504 e. The van der Waals surface area contributed by atoms with E-state index in [-0.39, 0.29) is 11.9 Å². The Balaban J connectivity index is 2.23. The summed E-state index contributed by atoms with van der Waals surface area (Å²) < 4.78 is 16.5. The van der Waals surface area contributed by atoms with Gasteiger partial charge in [0.15, 0.2) is 11.5 Å². The van der Waals surface area contributed by atoms with E-state index >= 15 is 0 Å². The highest BCUT2D eigenvalue weighted by Gasteiger charge is 2.31. The van der Waals surface area contributed by atoms with Gasteiger partial charge in [-0.2, -0.15) is 0 Å². The highest BCUT2D eigenvalue weighted by Crippen LogP contribution is 2.38. The zero-order valence-electron chi connectivity index (χ0n) is 12.5. The van der Waals surface area contributed by atoms with E-state index in [2.05, 4.69) is 6.58 Å². The molecular weight excluding hydrogens is 398 g/mol. The first-order valence-electron chi connectivity index (χ1n) is 6.75. The molecular formula is C15H18BIO5. The fourth-order valence-corrected chi connectivity index (χ4v) is 2.97. The normalized spacial score (nSPS) is 18.1. The standard InChI is InChI=1S/C15H18BIO5/c1-9(8-20-2)11-4-5-13(22-16(11)19)10-6-12(17)15(18)14(7-10)21-3/h4,6-7,13,18-19H,1,5,8H2,2-3H3. The van der Waals surface area contributed by atoms with Gasteiger partial charge in [-0.15, -0.1) is 0 Å². The summed E-state index contributed by atoms with van der Waals surface area (Å²) >= 11 is 2.03. The Hall–Kier alpha value is -1.03. The van der Waals surface area contributed by atoms with E-state index < -0.39 is 7.12 Å². The van der Waals surface area contributed by atoms with E-state index in [1.807, 2.05) is 34.7 Å². The van der Waals surface area contributed by atoms with Crippen LogP contribution in [-0.2, 0) is 9.39 Å². The Bertz CT molecular complexity index is 602. The van der Waals surface area contributed by atoms with Gasteiger partial charge in [0.2, 0.25) is 0 Å². The van der Waals surface area contributed by atoms with E-state index in [0.717, 1.165) is 5.56 Å². The molecule has 1 heterocycles. The molecule has 22 heavy (non-hydrogen) atoms. The summed E-state index contributed by atoms with van der Waals surface area (Å²) in [6, 6.07) is 3.54. The van der Waals surface area contributed by atoms with Gasteiger partial charge in [0.1, 0.15) is 0 Å². The molecule has 2 rings (SSSR count). The van der Waals surface area contributed by atoms with Gasteiger partial charge in [-0.3, -0.25) is 0 Å². The Morgan fingerprint density at radius 1 is 1.50 bits per heavy atom. The van der Waals surface area contributed by atoms with Crippen molar-refractivity contribution in [2.24, 2.45) is 0 Å². The maximum atomic E-state index is 10.2. The number of ether oxygens (including phenoxy) is 2. The van der Waals surface area contributed by atoms with Crippen LogP contribution in [0.3, 0.4) is 0 Å². The molecule has 5 nitrogen and oxygen atoms in total. The molecule has 7 heteroatoms. The monoisotopic (exact) mass is 416 g/mol. The average molecular weight is 416 g/mol. The quantitative estimate of drug-likeness (QED) is 0.571. The molecule has 118 valence electrons. The van der Waals surface area contributed by atoms with Crippen LogP contribution >= 0.6 is 22.6 Å². The smallest absolute Gasteiger partial charge is 0.491 e. The van der Waals surface area contributed by atoms with Gasteiger partial charge in [0, 0.05) is 7.11 Å². The topological polar surface area (TPSA) is 68.2 Å². The molecule has 0 amide bonds. The molecule has 1 aliphatic heterocycles. The molecule has 0 aromatic heterocycles. The number of benzene rings is 1. The summed E-state index contributed by atoms with van der Waals surface area (Å²) in [7, 11) is 2.03. The van der Waals surface area contributed by atoms with Crippen molar-refractivity contribution in [3.63, 3.8) is 0 Å². The molecule has 0 spiro atoms. The maximum Gasteiger partial charge on any atom is 0.491 e. The Morgan fingerprint density at radius 2 is 2.23 bits per heavy atom. The lowest BCUT2D eigenvalue weighted by molar-refractivity contribution is 0.166. The Kier molecular flexibility index (Phi) is 5.90. The molecule has 1 aromatic carbocycles. The van der Waals surface area contributed by atoms with Crippen molar-refractivity contribution in [3.05, 3.63) is 45.0 Å². The molecule has 0 saturated heterocycles. The first-order valence-corrected chi connectivity index (χ1v) is 7.82. The molecule has 0 fully saturated rings. The van der Waals surface area contributed by atoms with Crippen LogP contribution in [0.4, 0.5) is 0 Å². The number of phenols is 1. The second-order valence-electron chi connectivity index (χ2n) is 4.96. The zero-order chi connectivity index (χ0) is 16.3.